The van der Waals surface area contributed by atoms with Gasteiger partial charge < -0.3 is 14.9 Å². The first-order valence-corrected chi connectivity index (χ1v) is 8.73. The molecular weight excluding hydrogens is 266 g/mol. The van der Waals surface area contributed by atoms with Gasteiger partial charge in [-0.25, -0.2) is 0 Å². The van der Waals surface area contributed by atoms with Gasteiger partial charge in [-0.3, -0.25) is 4.90 Å². The number of ether oxygens (including phenoxy) is 1. The maximum Gasteiger partial charge on any atom is 0.110 e. The van der Waals surface area contributed by atoms with Crippen molar-refractivity contribution < 1.29 is 14.9 Å². The van der Waals surface area contributed by atoms with Crippen molar-refractivity contribution in [3.8, 4) is 0 Å². The summed E-state index contributed by atoms with van der Waals surface area (Å²) in [5.41, 5.74) is 0. The van der Waals surface area contributed by atoms with Crippen molar-refractivity contribution in [2.45, 2.75) is 71.9 Å². The third kappa shape index (κ3) is 12.1. The molecule has 1 unspecified atom stereocenters. The Balaban J connectivity index is 3.66. The normalized spacial score (nSPS) is 13.3. The first kappa shape index (κ1) is 20.8. The van der Waals surface area contributed by atoms with Gasteiger partial charge >= 0.3 is 0 Å². The smallest absolute Gasteiger partial charge is 0.110 e. The molecule has 0 aliphatic heterocycles. The molecule has 0 aromatic rings. The van der Waals surface area contributed by atoms with Gasteiger partial charge in [-0.2, -0.15) is 0 Å². The number of unbranched alkanes of at least 4 members (excludes halogenated alkanes) is 4. The predicted octanol–water partition coefficient (Wildman–Crippen LogP) is 3.02. The van der Waals surface area contributed by atoms with E-state index < -0.39 is 0 Å². The van der Waals surface area contributed by atoms with Crippen molar-refractivity contribution in [3.05, 3.63) is 0 Å². The van der Waals surface area contributed by atoms with Crippen LogP contribution in [-0.4, -0.2) is 54.3 Å². The van der Waals surface area contributed by atoms with Crippen LogP contribution in [0.1, 0.15) is 65.7 Å². The quantitative estimate of drug-likeness (QED) is 0.361. The number of aliphatic hydroxyl groups excluding tert-OH is 2. The van der Waals surface area contributed by atoms with E-state index in [2.05, 4.69) is 20.8 Å². The lowest BCUT2D eigenvalue weighted by molar-refractivity contribution is -0.0718. The highest BCUT2D eigenvalue weighted by Gasteiger charge is 2.15. The first-order valence-electron chi connectivity index (χ1n) is 8.73. The van der Waals surface area contributed by atoms with E-state index in [0.717, 1.165) is 25.4 Å². The highest BCUT2D eigenvalue weighted by atomic mass is 16.5. The molecule has 2 N–H and O–H groups in total. The fourth-order valence-corrected chi connectivity index (χ4v) is 2.54. The highest BCUT2D eigenvalue weighted by Crippen LogP contribution is 2.11. The molecule has 1 atom stereocenters. The van der Waals surface area contributed by atoms with E-state index in [4.69, 9.17) is 14.9 Å². The van der Waals surface area contributed by atoms with Crippen molar-refractivity contribution in [3.63, 3.8) is 0 Å². The van der Waals surface area contributed by atoms with Crippen molar-refractivity contribution in [2.75, 3.05) is 32.9 Å². The van der Waals surface area contributed by atoms with Crippen LogP contribution in [0.15, 0.2) is 0 Å². The fourth-order valence-electron chi connectivity index (χ4n) is 2.54. The number of hydrogen-bond donors (Lipinski definition) is 2. The Hall–Kier alpha value is -0.160. The minimum atomic E-state index is 0.0187. The topological polar surface area (TPSA) is 52.9 Å². The van der Waals surface area contributed by atoms with Crippen LogP contribution in [-0.2, 0) is 4.74 Å². The Morgan fingerprint density at radius 2 is 1.48 bits per heavy atom. The average molecular weight is 303 g/mol. The van der Waals surface area contributed by atoms with Crippen molar-refractivity contribution in [1.82, 2.24) is 4.90 Å². The third-order valence-electron chi connectivity index (χ3n) is 3.77. The van der Waals surface area contributed by atoms with Crippen LogP contribution < -0.4 is 0 Å². The van der Waals surface area contributed by atoms with Gasteiger partial charge in [0.15, 0.2) is 0 Å². The SMILES string of the molecule is CCC(OCCCCCCCC(C)C)N(CCO)CCO. The Bertz CT molecular complexity index is 206. The standard InChI is InChI=1S/C17H37NO3/c1-4-17(18(11-13-19)12-14-20)21-15-9-7-5-6-8-10-16(2)3/h16-17,19-20H,4-15H2,1-3H3. The van der Waals surface area contributed by atoms with E-state index in [1.807, 2.05) is 4.90 Å². The molecule has 0 radical (unpaired) electrons. The largest absolute Gasteiger partial charge is 0.395 e. The summed E-state index contributed by atoms with van der Waals surface area (Å²) in [6, 6.07) is 0. The molecule has 4 nitrogen and oxygen atoms in total. The second-order valence-electron chi connectivity index (χ2n) is 6.17. The molecule has 4 heteroatoms. The van der Waals surface area contributed by atoms with Crippen molar-refractivity contribution in [1.29, 1.82) is 0 Å². The number of aliphatic hydroxyl groups is 2. The molecule has 0 saturated heterocycles. The van der Waals surface area contributed by atoms with Gasteiger partial charge in [0.05, 0.1) is 13.2 Å². The van der Waals surface area contributed by atoms with Crippen molar-refractivity contribution >= 4 is 0 Å². The molecular formula is C17H37NO3. The minimum Gasteiger partial charge on any atom is -0.395 e. The summed E-state index contributed by atoms with van der Waals surface area (Å²) in [6.07, 6.45) is 8.54. The van der Waals surface area contributed by atoms with E-state index in [1.165, 1.54) is 32.1 Å². The Kier molecular flexibility index (Phi) is 14.7. The van der Waals surface area contributed by atoms with E-state index in [0.29, 0.717) is 13.1 Å². The molecule has 128 valence electrons. The first-order chi connectivity index (χ1) is 10.2. The zero-order chi connectivity index (χ0) is 15.9. The van der Waals surface area contributed by atoms with Crippen LogP contribution in [0.2, 0.25) is 0 Å². The molecule has 0 aromatic carbocycles. The fraction of sp³-hybridized carbons (Fsp3) is 1.00. The van der Waals surface area contributed by atoms with Gasteiger partial charge in [0.2, 0.25) is 0 Å². The summed E-state index contributed by atoms with van der Waals surface area (Å²) < 4.78 is 5.91. The summed E-state index contributed by atoms with van der Waals surface area (Å²) in [5.74, 6) is 0.822. The average Bonchev–Trinajstić information content (AvgIpc) is 2.45. The summed E-state index contributed by atoms with van der Waals surface area (Å²) in [6.45, 7) is 8.76. The third-order valence-corrected chi connectivity index (χ3v) is 3.77. The second kappa shape index (κ2) is 14.8. The maximum absolute atomic E-state index is 9.06. The van der Waals surface area contributed by atoms with Gasteiger partial charge in [-0.15, -0.1) is 0 Å². The Morgan fingerprint density at radius 3 is 2.00 bits per heavy atom. The van der Waals surface area contributed by atoms with E-state index in [9.17, 15) is 0 Å². The number of hydrogen-bond acceptors (Lipinski definition) is 4. The number of nitrogens with zero attached hydrogens (tertiary/aromatic N) is 1. The Labute approximate surface area is 131 Å². The molecule has 0 aliphatic carbocycles. The molecule has 0 rings (SSSR count). The van der Waals surface area contributed by atoms with Crippen LogP contribution >= 0.6 is 0 Å². The summed E-state index contributed by atoms with van der Waals surface area (Å²) in [4.78, 5) is 2.02. The van der Waals surface area contributed by atoms with Crippen LogP contribution in [0.5, 0.6) is 0 Å². The lowest BCUT2D eigenvalue weighted by Crippen LogP contribution is -2.40. The van der Waals surface area contributed by atoms with Crippen LogP contribution in [0.25, 0.3) is 0 Å². The van der Waals surface area contributed by atoms with E-state index in [1.54, 1.807) is 0 Å². The minimum absolute atomic E-state index is 0.0187. The van der Waals surface area contributed by atoms with E-state index in [-0.39, 0.29) is 19.4 Å². The molecule has 0 bridgehead atoms. The summed E-state index contributed by atoms with van der Waals surface area (Å²) in [7, 11) is 0. The lowest BCUT2D eigenvalue weighted by atomic mass is 10.0. The molecule has 0 heterocycles. The zero-order valence-electron chi connectivity index (χ0n) is 14.4. The molecule has 0 saturated carbocycles. The van der Waals surface area contributed by atoms with Crippen LogP contribution in [0, 0.1) is 5.92 Å². The predicted molar refractivity (Wildman–Crippen MR) is 88.3 cm³/mol. The number of rotatable bonds is 15. The molecule has 0 aromatic heterocycles. The monoisotopic (exact) mass is 303 g/mol. The van der Waals surface area contributed by atoms with Gasteiger partial charge in [0.1, 0.15) is 6.23 Å². The lowest BCUT2D eigenvalue weighted by Gasteiger charge is -2.29. The molecule has 0 aliphatic rings. The highest BCUT2D eigenvalue weighted by molar-refractivity contribution is 4.62. The second-order valence-corrected chi connectivity index (χ2v) is 6.17. The molecule has 0 amide bonds. The molecule has 0 fully saturated rings. The summed E-state index contributed by atoms with van der Waals surface area (Å²) in [5, 5.41) is 18.1. The van der Waals surface area contributed by atoms with Crippen molar-refractivity contribution in [2.24, 2.45) is 5.92 Å². The van der Waals surface area contributed by atoms with Crippen LogP contribution in [0.4, 0.5) is 0 Å². The molecule has 21 heavy (non-hydrogen) atoms. The van der Waals surface area contributed by atoms with Gasteiger partial charge in [-0.05, 0) is 18.8 Å². The van der Waals surface area contributed by atoms with Gasteiger partial charge in [0.25, 0.3) is 0 Å². The van der Waals surface area contributed by atoms with Gasteiger partial charge in [-0.1, -0.05) is 52.9 Å². The summed E-state index contributed by atoms with van der Waals surface area (Å²) >= 11 is 0. The van der Waals surface area contributed by atoms with Gasteiger partial charge in [0, 0.05) is 19.7 Å². The maximum atomic E-state index is 9.06. The zero-order valence-corrected chi connectivity index (χ0v) is 14.4. The molecule has 0 spiro atoms. The van der Waals surface area contributed by atoms with E-state index >= 15 is 0 Å². The Morgan fingerprint density at radius 1 is 0.905 bits per heavy atom. The van der Waals surface area contributed by atoms with Crippen LogP contribution in [0.3, 0.4) is 0 Å².